The number of hydrogen-bond donors (Lipinski definition) is 1. The van der Waals surface area contributed by atoms with Crippen LogP contribution in [0.2, 0.25) is 0 Å². The minimum Gasteiger partial charge on any atom is -0.463 e. The largest absolute Gasteiger partial charge is 0.463 e. The lowest BCUT2D eigenvalue weighted by molar-refractivity contribution is 0.0563. The minimum atomic E-state index is -0.487. The highest BCUT2D eigenvalue weighted by Gasteiger charge is 2.29. The van der Waals surface area contributed by atoms with Crippen LogP contribution in [0.15, 0.2) is 21.7 Å². The van der Waals surface area contributed by atoms with Crippen LogP contribution in [-0.2, 0) is 10.5 Å². The Bertz CT molecular complexity index is 632. The first-order valence-electron chi connectivity index (χ1n) is 6.19. The van der Waals surface area contributed by atoms with Gasteiger partial charge in [-0.15, -0.1) is 10.2 Å². The lowest BCUT2D eigenvalue weighted by Crippen LogP contribution is -2.13. The lowest BCUT2D eigenvalue weighted by Gasteiger charge is -2.01. The van der Waals surface area contributed by atoms with E-state index in [-0.39, 0.29) is 5.76 Å². The molecule has 2 aromatic rings. The molecule has 0 saturated heterocycles. The Morgan fingerprint density at radius 1 is 1.55 bits per heavy atom. The maximum atomic E-state index is 11.3. The molecule has 0 amide bonds. The van der Waals surface area contributed by atoms with Crippen LogP contribution in [0.5, 0.6) is 0 Å². The molecule has 0 radical (unpaired) electrons. The number of nitrogen functional groups attached to an aromatic ring is 1. The van der Waals surface area contributed by atoms with Crippen LogP contribution in [0.4, 0.5) is 0 Å². The molecule has 0 unspecified atom stereocenters. The molecule has 0 spiro atoms. The number of carbonyl (C=O) groups excluding carboxylic acids is 1. The van der Waals surface area contributed by atoms with Crippen molar-refractivity contribution in [2.75, 3.05) is 13.0 Å². The molecular formula is C12H14N4O3S. The van der Waals surface area contributed by atoms with Gasteiger partial charge in [-0.05, 0) is 25.0 Å². The summed E-state index contributed by atoms with van der Waals surface area (Å²) < 4.78 is 11.5. The van der Waals surface area contributed by atoms with E-state index >= 15 is 0 Å². The number of rotatable bonds is 5. The second-order valence-electron chi connectivity index (χ2n) is 4.53. The van der Waals surface area contributed by atoms with Gasteiger partial charge in [0, 0.05) is 5.92 Å². The fraction of sp³-hybridized carbons (Fsp3) is 0.417. The van der Waals surface area contributed by atoms with Gasteiger partial charge >= 0.3 is 5.97 Å². The van der Waals surface area contributed by atoms with Gasteiger partial charge in [-0.3, -0.25) is 0 Å². The molecule has 2 heterocycles. The first-order chi connectivity index (χ1) is 9.69. The quantitative estimate of drug-likeness (QED) is 0.507. The number of hydrogen-bond acceptors (Lipinski definition) is 7. The lowest BCUT2D eigenvalue weighted by atomic mass is 10.4. The zero-order chi connectivity index (χ0) is 14.1. The van der Waals surface area contributed by atoms with Crippen molar-refractivity contribution >= 4 is 17.7 Å². The number of ether oxygens (including phenoxy) is 1. The Balaban J connectivity index is 1.64. The molecule has 106 valence electrons. The van der Waals surface area contributed by atoms with Crippen molar-refractivity contribution in [1.29, 1.82) is 0 Å². The van der Waals surface area contributed by atoms with Crippen LogP contribution in [0.25, 0.3) is 0 Å². The van der Waals surface area contributed by atoms with Gasteiger partial charge in [0.15, 0.2) is 5.82 Å². The van der Waals surface area contributed by atoms with Gasteiger partial charge in [0.2, 0.25) is 10.9 Å². The summed E-state index contributed by atoms with van der Waals surface area (Å²) in [5, 5.41) is 8.81. The third-order valence-electron chi connectivity index (χ3n) is 3.03. The first-order valence-corrected chi connectivity index (χ1v) is 7.18. The molecule has 2 aromatic heterocycles. The number of furan rings is 1. The Kier molecular flexibility index (Phi) is 3.39. The van der Waals surface area contributed by atoms with E-state index in [2.05, 4.69) is 14.9 Å². The Hall–Kier alpha value is -1.96. The Labute approximate surface area is 119 Å². The van der Waals surface area contributed by atoms with E-state index in [1.807, 2.05) is 0 Å². The van der Waals surface area contributed by atoms with Crippen molar-refractivity contribution in [2.45, 2.75) is 29.7 Å². The van der Waals surface area contributed by atoms with E-state index in [9.17, 15) is 4.79 Å². The van der Waals surface area contributed by atoms with Gasteiger partial charge in [-0.2, -0.15) is 0 Å². The van der Waals surface area contributed by atoms with Crippen LogP contribution in [0.1, 0.15) is 40.9 Å². The van der Waals surface area contributed by atoms with Crippen molar-refractivity contribution in [1.82, 2.24) is 14.9 Å². The van der Waals surface area contributed by atoms with Gasteiger partial charge in [0.1, 0.15) is 5.76 Å². The van der Waals surface area contributed by atoms with Gasteiger partial charge < -0.3 is 15.0 Å². The molecule has 0 aliphatic heterocycles. The van der Waals surface area contributed by atoms with Gasteiger partial charge in [-0.25, -0.2) is 9.47 Å². The number of nitrogens with two attached hydrogens (primary N) is 1. The molecule has 2 N–H and O–H groups in total. The molecule has 1 aliphatic carbocycles. The van der Waals surface area contributed by atoms with Crippen LogP contribution in [-0.4, -0.2) is 28.0 Å². The van der Waals surface area contributed by atoms with Crippen molar-refractivity contribution < 1.29 is 13.9 Å². The second kappa shape index (κ2) is 5.20. The highest BCUT2D eigenvalue weighted by atomic mass is 32.2. The fourth-order valence-electron chi connectivity index (χ4n) is 1.81. The van der Waals surface area contributed by atoms with E-state index in [4.69, 9.17) is 10.3 Å². The maximum absolute atomic E-state index is 11.3. The van der Waals surface area contributed by atoms with E-state index in [0.717, 1.165) is 18.7 Å². The van der Waals surface area contributed by atoms with E-state index < -0.39 is 5.97 Å². The molecule has 1 fully saturated rings. The van der Waals surface area contributed by atoms with E-state index in [1.54, 1.807) is 12.1 Å². The number of aromatic nitrogens is 3. The monoisotopic (exact) mass is 294 g/mol. The van der Waals surface area contributed by atoms with E-state index in [1.165, 1.54) is 23.5 Å². The van der Waals surface area contributed by atoms with Crippen molar-refractivity contribution in [3.8, 4) is 0 Å². The molecule has 0 atom stereocenters. The summed E-state index contributed by atoms with van der Waals surface area (Å²) in [6.45, 7) is 0. The SMILES string of the molecule is COC(=O)c1ccc(CSc2nnc(C3CC3)n2N)o1. The first kappa shape index (κ1) is 13.0. The van der Waals surface area contributed by atoms with Gasteiger partial charge in [-0.1, -0.05) is 11.8 Å². The average Bonchev–Trinajstić information content (AvgIpc) is 3.07. The second-order valence-corrected chi connectivity index (χ2v) is 5.47. The number of thioether (sulfide) groups is 1. The summed E-state index contributed by atoms with van der Waals surface area (Å²) >= 11 is 1.42. The summed E-state index contributed by atoms with van der Waals surface area (Å²) in [6.07, 6.45) is 2.25. The van der Waals surface area contributed by atoms with Crippen molar-refractivity contribution in [2.24, 2.45) is 0 Å². The number of carbonyl (C=O) groups is 1. The predicted octanol–water partition coefficient (Wildman–Crippen LogP) is 1.54. The Morgan fingerprint density at radius 2 is 2.35 bits per heavy atom. The predicted molar refractivity (Wildman–Crippen MR) is 71.8 cm³/mol. The summed E-state index contributed by atoms with van der Waals surface area (Å²) in [6, 6.07) is 3.32. The topological polar surface area (TPSA) is 96.2 Å². The molecular weight excluding hydrogens is 280 g/mol. The molecule has 20 heavy (non-hydrogen) atoms. The van der Waals surface area contributed by atoms with Crippen LogP contribution in [0, 0.1) is 0 Å². The Morgan fingerprint density at radius 3 is 3.05 bits per heavy atom. The molecule has 1 aliphatic rings. The highest BCUT2D eigenvalue weighted by Crippen LogP contribution is 2.39. The van der Waals surface area contributed by atoms with Crippen molar-refractivity contribution in [3.63, 3.8) is 0 Å². The average molecular weight is 294 g/mol. The normalized spacial score (nSPS) is 14.4. The summed E-state index contributed by atoms with van der Waals surface area (Å²) in [4.78, 5) is 11.3. The zero-order valence-electron chi connectivity index (χ0n) is 10.9. The maximum Gasteiger partial charge on any atom is 0.373 e. The smallest absolute Gasteiger partial charge is 0.373 e. The van der Waals surface area contributed by atoms with Crippen LogP contribution >= 0.6 is 11.8 Å². The standard InChI is InChI=1S/C12H14N4O3S/c1-18-11(17)9-5-4-8(19-9)6-20-12-15-14-10(16(12)13)7-2-3-7/h4-5,7H,2-3,6,13H2,1H3. The zero-order valence-corrected chi connectivity index (χ0v) is 11.7. The number of nitrogens with zero attached hydrogens (tertiary/aromatic N) is 3. The van der Waals surface area contributed by atoms with Gasteiger partial charge in [0.25, 0.3) is 0 Å². The van der Waals surface area contributed by atoms with Crippen LogP contribution in [0.3, 0.4) is 0 Å². The number of esters is 1. The van der Waals surface area contributed by atoms with Crippen molar-refractivity contribution in [3.05, 3.63) is 29.5 Å². The number of methoxy groups -OCH3 is 1. The molecule has 1 saturated carbocycles. The summed E-state index contributed by atoms with van der Waals surface area (Å²) in [5.74, 6) is 8.13. The fourth-order valence-corrected chi connectivity index (χ4v) is 2.57. The van der Waals surface area contributed by atoms with Crippen LogP contribution < -0.4 is 5.84 Å². The molecule has 7 nitrogen and oxygen atoms in total. The van der Waals surface area contributed by atoms with Gasteiger partial charge in [0.05, 0.1) is 12.9 Å². The third kappa shape index (κ3) is 2.51. The summed E-state index contributed by atoms with van der Waals surface area (Å²) in [5.41, 5.74) is 0. The highest BCUT2D eigenvalue weighted by molar-refractivity contribution is 7.98. The third-order valence-corrected chi connectivity index (χ3v) is 3.99. The van der Waals surface area contributed by atoms with E-state index in [0.29, 0.717) is 22.6 Å². The minimum absolute atomic E-state index is 0.191. The summed E-state index contributed by atoms with van der Waals surface area (Å²) in [7, 11) is 1.32. The molecule has 3 rings (SSSR count). The molecule has 0 bridgehead atoms. The molecule has 8 heteroatoms. The molecule has 0 aromatic carbocycles.